The maximum absolute atomic E-state index is 15.6. The number of ether oxygens (including phenoxy) is 3. The lowest BCUT2D eigenvalue weighted by atomic mass is 9.80. The molecule has 1 fully saturated rings. The molecule has 4 atom stereocenters. The van der Waals surface area contributed by atoms with E-state index in [4.69, 9.17) is 37.4 Å². The minimum absolute atomic E-state index is 0.0743. The van der Waals surface area contributed by atoms with E-state index in [0.717, 1.165) is 28.7 Å². The highest BCUT2D eigenvalue weighted by atomic mass is 35.5. The number of methoxy groups -OCH3 is 1. The number of likely N-dealkylation sites (N-methyl/N-ethyl adjacent to an activating group) is 1. The quantitative estimate of drug-likeness (QED) is 0.0654. The predicted octanol–water partition coefficient (Wildman–Crippen LogP) is 8.36. The number of piperidine rings is 1. The third kappa shape index (κ3) is 15.4. The van der Waals surface area contributed by atoms with Gasteiger partial charge in [-0.1, -0.05) is 35.3 Å². The molecule has 70 heavy (non-hydrogen) atoms. The number of alkyl halides is 3. The average molecular weight is 1020 g/mol. The second-order valence-corrected chi connectivity index (χ2v) is 19.9. The zero-order chi connectivity index (χ0) is 51.7. The van der Waals surface area contributed by atoms with Crippen LogP contribution in [0.4, 0.5) is 17.6 Å². The zero-order valence-corrected chi connectivity index (χ0v) is 42.5. The van der Waals surface area contributed by atoms with Gasteiger partial charge >= 0.3 is 12.1 Å². The van der Waals surface area contributed by atoms with Crippen LogP contribution in [0.5, 0.6) is 11.5 Å². The van der Waals surface area contributed by atoms with Gasteiger partial charge in [0.1, 0.15) is 34.8 Å². The van der Waals surface area contributed by atoms with Crippen molar-refractivity contribution in [3.63, 3.8) is 0 Å². The SMILES string of the molecule is COC[C@H](NC(=O)[C@H](C)NCc1c(F)cc(Cl)cc1Oc1ccc(-c2cnc(CN(C)C)n2C)cc1)C(=O)N(C)[C@@]1(Cc2ccc(Cl)cc2)CCCN(C(=O)[C@@H](CC(=O)OC(C)(C)C)CC(F)(F)F)C1. The topological polar surface area (TPSA) is 148 Å². The molecule has 1 aliphatic heterocycles. The van der Waals surface area contributed by atoms with Crippen LogP contribution in [-0.2, 0) is 55.2 Å². The molecule has 4 aromatic rings. The molecule has 1 aliphatic rings. The van der Waals surface area contributed by atoms with Crippen LogP contribution >= 0.6 is 23.2 Å². The van der Waals surface area contributed by atoms with E-state index >= 15 is 4.39 Å². The number of carbonyl (C=O) groups is 4. The van der Waals surface area contributed by atoms with E-state index < -0.39 is 77.7 Å². The Morgan fingerprint density at radius 2 is 1.64 bits per heavy atom. The molecule has 14 nitrogen and oxygen atoms in total. The summed E-state index contributed by atoms with van der Waals surface area (Å²) in [7, 11) is 8.73. The van der Waals surface area contributed by atoms with Crippen molar-refractivity contribution in [2.75, 3.05) is 47.9 Å². The maximum atomic E-state index is 15.6. The third-order valence-corrected chi connectivity index (χ3v) is 12.5. The van der Waals surface area contributed by atoms with Crippen LogP contribution in [0.25, 0.3) is 11.3 Å². The molecule has 3 amide bonds. The van der Waals surface area contributed by atoms with E-state index in [9.17, 15) is 32.3 Å². The minimum atomic E-state index is -4.77. The summed E-state index contributed by atoms with van der Waals surface area (Å²) in [5.74, 6) is -4.13. The summed E-state index contributed by atoms with van der Waals surface area (Å²) < 4.78 is 76.3. The van der Waals surface area contributed by atoms with Crippen molar-refractivity contribution in [3.05, 3.63) is 99.7 Å². The Labute approximate surface area is 416 Å². The smallest absolute Gasteiger partial charge is 0.389 e. The van der Waals surface area contributed by atoms with Crippen LogP contribution in [0.15, 0.2) is 66.9 Å². The van der Waals surface area contributed by atoms with Gasteiger partial charge < -0.3 is 44.1 Å². The van der Waals surface area contributed by atoms with Crippen molar-refractivity contribution < 1.29 is 51.0 Å². The lowest BCUT2D eigenvalue weighted by molar-refractivity contribution is -0.170. The first-order valence-corrected chi connectivity index (χ1v) is 23.6. The number of nitrogens with zero attached hydrogens (tertiary/aromatic N) is 5. The van der Waals surface area contributed by atoms with Gasteiger partial charge in [0.15, 0.2) is 0 Å². The molecule has 0 radical (unpaired) electrons. The molecule has 0 aliphatic carbocycles. The van der Waals surface area contributed by atoms with Gasteiger partial charge in [-0.25, -0.2) is 9.37 Å². The van der Waals surface area contributed by atoms with E-state index in [-0.39, 0.29) is 49.0 Å². The molecule has 1 aromatic heterocycles. The molecule has 20 heteroatoms. The second-order valence-electron chi connectivity index (χ2n) is 19.1. The summed E-state index contributed by atoms with van der Waals surface area (Å²) in [6, 6.07) is 14.3. The summed E-state index contributed by atoms with van der Waals surface area (Å²) >= 11 is 12.5. The van der Waals surface area contributed by atoms with Gasteiger partial charge in [0.05, 0.1) is 55.4 Å². The molecule has 0 unspecified atom stereocenters. The fraction of sp³-hybridized carbons (Fsp3) is 0.500. The van der Waals surface area contributed by atoms with E-state index in [1.54, 1.807) is 63.4 Å². The fourth-order valence-corrected chi connectivity index (χ4v) is 8.77. The number of carbonyl (C=O) groups excluding carboxylic acids is 4. The number of likely N-dealkylation sites (tertiary alicyclic amines) is 1. The van der Waals surface area contributed by atoms with Crippen LogP contribution in [0, 0.1) is 11.7 Å². The summed E-state index contributed by atoms with van der Waals surface area (Å²) in [6.07, 6.45) is -4.54. The fourth-order valence-electron chi connectivity index (χ4n) is 8.45. The van der Waals surface area contributed by atoms with Gasteiger partial charge in [-0.15, -0.1) is 0 Å². The third-order valence-electron chi connectivity index (χ3n) is 12.0. The molecule has 0 saturated carbocycles. The van der Waals surface area contributed by atoms with Crippen LogP contribution in [0.3, 0.4) is 0 Å². The van der Waals surface area contributed by atoms with E-state index in [2.05, 4.69) is 15.6 Å². The van der Waals surface area contributed by atoms with Crippen LogP contribution in [0.1, 0.15) is 70.3 Å². The number of hydrogen-bond donors (Lipinski definition) is 2. The number of imidazole rings is 1. The Morgan fingerprint density at radius 3 is 2.26 bits per heavy atom. The first-order chi connectivity index (χ1) is 32.8. The molecular formula is C50H63Cl2F4N7O7. The van der Waals surface area contributed by atoms with Gasteiger partial charge in [-0.05, 0) is 115 Å². The van der Waals surface area contributed by atoms with E-state index in [0.29, 0.717) is 30.2 Å². The van der Waals surface area contributed by atoms with Gasteiger partial charge in [-0.3, -0.25) is 19.2 Å². The number of halogens is 6. The zero-order valence-electron chi connectivity index (χ0n) is 41.0. The standard InChI is InChI=1S/C50H63Cl2F4N7O7/c1-31(57-26-38-39(53)22-36(52)23-42(38)69-37-17-13-33(14-18-37)41-27-58-43(61(41)7)28-60(5)6)45(65)59-40(29-68-9)47(67)62(8)49(24-32-11-15-35(51)16-12-32)19-10-20-63(30-49)46(66)34(25-50(54,55)56)21-44(64)70-48(2,3)4/h11-18,22-23,27,31,34,40,57H,10,19-21,24-26,28-30H2,1-9H3,(H,59,65)/t31-,34-,40-,49+/m0/s1. The Bertz CT molecular complexity index is 2450. The van der Waals surface area contributed by atoms with Gasteiger partial charge in [0.25, 0.3) is 0 Å². The van der Waals surface area contributed by atoms with E-state index in [1.807, 2.05) is 42.7 Å². The number of rotatable bonds is 20. The van der Waals surface area contributed by atoms with E-state index in [1.165, 1.54) is 36.9 Å². The molecule has 2 N–H and O–H groups in total. The molecule has 3 aromatic carbocycles. The van der Waals surface area contributed by atoms with Crippen LogP contribution in [0.2, 0.25) is 10.0 Å². The lowest BCUT2D eigenvalue weighted by Gasteiger charge is -2.49. The van der Waals surface area contributed by atoms with Crippen molar-refractivity contribution in [2.24, 2.45) is 13.0 Å². The normalized spacial score (nSPS) is 16.7. The van der Waals surface area contributed by atoms with Gasteiger partial charge in [-0.2, -0.15) is 13.2 Å². The predicted molar refractivity (Wildman–Crippen MR) is 259 cm³/mol. The Kier molecular flexibility index (Phi) is 18.9. The van der Waals surface area contributed by atoms with Crippen LogP contribution in [-0.4, -0.2) is 125 Å². The van der Waals surface area contributed by atoms with Crippen molar-refractivity contribution >= 4 is 46.9 Å². The number of hydrogen-bond acceptors (Lipinski definition) is 10. The Balaban J connectivity index is 1.32. The Morgan fingerprint density at radius 1 is 0.971 bits per heavy atom. The summed E-state index contributed by atoms with van der Waals surface area (Å²) in [5, 5.41) is 6.30. The molecule has 1 saturated heterocycles. The Hall–Kier alpha value is -5.27. The summed E-state index contributed by atoms with van der Waals surface area (Å²) in [4.78, 5) is 64.6. The van der Waals surface area contributed by atoms with Gasteiger partial charge in [0, 0.05) is 62.0 Å². The highest BCUT2D eigenvalue weighted by molar-refractivity contribution is 6.31. The number of aromatic nitrogens is 2. The highest BCUT2D eigenvalue weighted by Gasteiger charge is 2.47. The number of nitrogens with one attached hydrogen (secondary N) is 2. The molecule has 382 valence electrons. The van der Waals surface area contributed by atoms with Crippen molar-refractivity contribution in [3.8, 4) is 22.8 Å². The van der Waals surface area contributed by atoms with Crippen molar-refractivity contribution in [1.82, 2.24) is 34.9 Å². The molecule has 5 rings (SSSR count). The van der Waals surface area contributed by atoms with Gasteiger partial charge in [0.2, 0.25) is 17.7 Å². The number of amides is 3. The molecule has 2 heterocycles. The molecule has 0 bridgehead atoms. The highest BCUT2D eigenvalue weighted by Crippen LogP contribution is 2.36. The first-order valence-electron chi connectivity index (χ1n) is 22.8. The average Bonchev–Trinajstić information content (AvgIpc) is 3.62. The molecule has 0 spiro atoms. The summed E-state index contributed by atoms with van der Waals surface area (Å²) in [5.41, 5.74) is 0.396. The minimum Gasteiger partial charge on any atom is -0.460 e. The number of benzene rings is 3. The first kappa shape index (κ1) is 55.7. The second kappa shape index (κ2) is 23.8. The lowest BCUT2D eigenvalue weighted by Crippen LogP contribution is -2.65. The maximum Gasteiger partial charge on any atom is 0.389 e. The largest absolute Gasteiger partial charge is 0.460 e. The molecular weight excluding hydrogens is 957 g/mol. The van der Waals surface area contributed by atoms with Crippen LogP contribution < -0.4 is 15.4 Å². The van der Waals surface area contributed by atoms with Crippen molar-refractivity contribution in [1.29, 1.82) is 0 Å². The van der Waals surface area contributed by atoms with Crippen molar-refractivity contribution in [2.45, 2.75) is 102 Å². The summed E-state index contributed by atoms with van der Waals surface area (Å²) in [6.45, 7) is 6.35. The monoisotopic (exact) mass is 1020 g/mol. The number of esters is 1.